The molecule has 0 bridgehead atoms. The van der Waals surface area contributed by atoms with Gasteiger partial charge in [-0.2, -0.15) is 0 Å². The van der Waals surface area contributed by atoms with Crippen LogP contribution in [0.2, 0.25) is 0 Å². The third-order valence-corrected chi connectivity index (χ3v) is 5.32. The first-order valence-electron chi connectivity index (χ1n) is 9.65. The van der Waals surface area contributed by atoms with E-state index in [2.05, 4.69) is 29.6 Å². The van der Waals surface area contributed by atoms with Crippen molar-refractivity contribution in [3.8, 4) is 11.5 Å². The molecule has 3 unspecified atom stereocenters. The Morgan fingerprint density at radius 1 is 1.21 bits per heavy atom. The lowest BCUT2D eigenvalue weighted by atomic mass is 9.88. The van der Waals surface area contributed by atoms with Crippen LogP contribution in [0, 0.1) is 0 Å². The second kappa shape index (κ2) is 9.57. The highest BCUT2D eigenvalue weighted by molar-refractivity contribution is 5.77. The van der Waals surface area contributed by atoms with Gasteiger partial charge < -0.3 is 25.6 Å². The number of nitrogens with two attached hydrogens (primary N) is 1. The SMILES string of the molecule is COc1ccc2c(c1)C(C(=O)O)CCO2.NC1CCNCC1c1ccccc1. The van der Waals surface area contributed by atoms with Gasteiger partial charge in [0.1, 0.15) is 11.5 Å². The summed E-state index contributed by atoms with van der Waals surface area (Å²) in [5.74, 6) is 0.506. The van der Waals surface area contributed by atoms with Crippen LogP contribution in [-0.2, 0) is 4.79 Å². The number of ether oxygens (including phenoxy) is 2. The van der Waals surface area contributed by atoms with Crippen molar-refractivity contribution in [1.29, 1.82) is 0 Å². The number of carboxylic acids is 1. The second-order valence-electron chi connectivity index (χ2n) is 7.11. The van der Waals surface area contributed by atoms with E-state index in [1.54, 1.807) is 25.3 Å². The Morgan fingerprint density at radius 3 is 2.68 bits per heavy atom. The number of nitrogens with one attached hydrogen (secondary N) is 1. The topological polar surface area (TPSA) is 93.8 Å². The molecule has 1 fully saturated rings. The van der Waals surface area contributed by atoms with E-state index in [9.17, 15) is 4.79 Å². The minimum absolute atomic E-state index is 0.323. The van der Waals surface area contributed by atoms with Crippen molar-refractivity contribution in [1.82, 2.24) is 5.32 Å². The van der Waals surface area contributed by atoms with Crippen LogP contribution in [0.15, 0.2) is 48.5 Å². The number of hydrogen-bond acceptors (Lipinski definition) is 5. The monoisotopic (exact) mass is 384 g/mol. The van der Waals surface area contributed by atoms with Crippen LogP contribution in [0.4, 0.5) is 0 Å². The number of rotatable bonds is 3. The highest BCUT2D eigenvalue weighted by Gasteiger charge is 2.27. The molecule has 6 heteroatoms. The molecule has 0 radical (unpaired) electrons. The number of methoxy groups -OCH3 is 1. The van der Waals surface area contributed by atoms with Crippen LogP contribution in [-0.4, -0.2) is 43.9 Å². The largest absolute Gasteiger partial charge is 0.497 e. The van der Waals surface area contributed by atoms with Gasteiger partial charge in [-0.15, -0.1) is 0 Å². The second-order valence-corrected chi connectivity index (χ2v) is 7.11. The number of carbonyl (C=O) groups is 1. The van der Waals surface area contributed by atoms with E-state index >= 15 is 0 Å². The third kappa shape index (κ3) is 4.82. The van der Waals surface area contributed by atoms with Gasteiger partial charge in [0.15, 0.2) is 0 Å². The number of hydrogen-bond donors (Lipinski definition) is 3. The Hall–Kier alpha value is -2.57. The minimum Gasteiger partial charge on any atom is -0.497 e. The van der Waals surface area contributed by atoms with Gasteiger partial charge >= 0.3 is 5.97 Å². The van der Waals surface area contributed by atoms with E-state index in [-0.39, 0.29) is 0 Å². The summed E-state index contributed by atoms with van der Waals surface area (Å²) in [4.78, 5) is 11.0. The average Bonchev–Trinajstić information content (AvgIpc) is 2.74. The number of fused-ring (bicyclic) bond motifs is 1. The summed E-state index contributed by atoms with van der Waals surface area (Å²) >= 11 is 0. The van der Waals surface area contributed by atoms with E-state index in [1.165, 1.54) is 5.56 Å². The maximum atomic E-state index is 11.0. The Kier molecular flexibility index (Phi) is 6.90. The third-order valence-electron chi connectivity index (χ3n) is 5.32. The predicted octanol–water partition coefficient (Wildman–Crippen LogP) is 2.74. The van der Waals surface area contributed by atoms with Crippen molar-refractivity contribution in [2.75, 3.05) is 26.8 Å². The quantitative estimate of drug-likeness (QED) is 0.753. The van der Waals surface area contributed by atoms with Gasteiger partial charge in [0, 0.05) is 24.1 Å². The number of benzene rings is 2. The summed E-state index contributed by atoms with van der Waals surface area (Å²) < 4.78 is 10.4. The summed E-state index contributed by atoms with van der Waals surface area (Å²) in [7, 11) is 1.56. The van der Waals surface area contributed by atoms with Gasteiger partial charge in [-0.05, 0) is 43.1 Å². The predicted molar refractivity (Wildman–Crippen MR) is 108 cm³/mol. The lowest BCUT2D eigenvalue weighted by Gasteiger charge is -2.29. The molecule has 4 rings (SSSR count). The van der Waals surface area contributed by atoms with Crippen LogP contribution in [0.25, 0.3) is 0 Å². The molecule has 6 nitrogen and oxygen atoms in total. The molecule has 0 saturated carbocycles. The van der Waals surface area contributed by atoms with E-state index in [1.807, 2.05) is 6.07 Å². The fraction of sp³-hybridized carbons (Fsp3) is 0.409. The molecule has 0 spiro atoms. The number of aliphatic carboxylic acids is 1. The van der Waals surface area contributed by atoms with Crippen molar-refractivity contribution in [2.45, 2.75) is 30.7 Å². The molecule has 0 aliphatic carbocycles. The molecule has 4 N–H and O–H groups in total. The zero-order chi connectivity index (χ0) is 19.9. The summed E-state index contributed by atoms with van der Waals surface area (Å²) in [5, 5.41) is 12.4. The van der Waals surface area contributed by atoms with Crippen LogP contribution in [0.5, 0.6) is 11.5 Å². The van der Waals surface area contributed by atoms with E-state index in [4.69, 9.17) is 20.3 Å². The van der Waals surface area contributed by atoms with Gasteiger partial charge in [0.05, 0.1) is 19.6 Å². The number of piperidine rings is 1. The molecule has 2 aliphatic rings. The van der Waals surface area contributed by atoms with Gasteiger partial charge in [-0.25, -0.2) is 0 Å². The lowest BCUT2D eigenvalue weighted by Crippen LogP contribution is -2.43. The van der Waals surface area contributed by atoms with Crippen molar-refractivity contribution < 1.29 is 19.4 Å². The maximum Gasteiger partial charge on any atom is 0.311 e. The fourth-order valence-electron chi connectivity index (χ4n) is 3.70. The molecule has 2 heterocycles. The Morgan fingerprint density at radius 2 is 2.00 bits per heavy atom. The molecule has 2 aliphatic heterocycles. The molecule has 28 heavy (non-hydrogen) atoms. The zero-order valence-corrected chi connectivity index (χ0v) is 16.1. The zero-order valence-electron chi connectivity index (χ0n) is 16.1. The first kappa shape index (κ1) is 20.2. The van der Waals surface area contributed by atoms with Crippen molar-refractivity contribution in [3.63, 3.8) is 0 Å². The molecular weight excluding hydrogens is 356 g/mol. The van der Waals surface area contributed by atoms with Crippen LogP contribution < -0.4 is 20.5 Å². The van der Waals surface area contributed by atoms with Gasteiger partial charge in [0.25, 0.3) is 0 Å². The van der Waals surface area contributed by atoms with Crippen LogP contribution in [0.3, 0.4) is 0 Å². The van der Waals surface area contributed by atoms with E-state index in [0.717, 1.165) is 19.5 Å². The fourth-order valence-corrected chi connectivity index (χ4v) is 3.70. The summed E-state index contributed by atoms with van der Waals surface area (Å²) in [5.41, 5.74) is 8.14. The van der Waals surface area contributed by atoms with Crippen molar-refractivity contribution >= 4 is 5.97 Å². The molecule has 150 valence electrons. The Bertz CT molecular complexity index is 781. The van der Waals surface area contributed by atoms with Crippen molar-refractivity contribution in [2.24, 2.45) is 5.73 Å². The molecule has 0 aromatic heterocycles. The molecule has 1 saturated heterocycles. The standard InChI is InChI=1S/C11H16N2.C11H12O4/c12-11-6-7-13-8-10(11)9-4-2-1-3-5-9;1-14-7-2-3-10-9(6-7)8(11(12)13)4-5-15-10/h1-5,10-11,13H,6-8,12H2;2-3,6,8H,4-5H2,1H3,(H,12,13). The summed E-state index contributed by atoms with van der Waals surface area (Å²) in [6, 6.07) is 16.1. The first-order chi connectivity index (χ1) is 13.6. The number of carboxylic acid groups (broad SMARTS) is 1. The summed E-state index contributed by atoms with van der Waals surface area (Å²) in [6.07, 6.45) is 1.59. The average molecular weight is 384 g/mol. The molecular formula is C22H28N2O4. The molecule has 0 amide bonds. The van der Waals surface area contributed by atoms with Crippen LogP contribution >= 0.6 is 0 Å². The normalized spacial score (nSPS) is 23.4. The van der Waals surface area contributed by atoms with Gasteiger partial charge in [0.2, 0.25) is 0 Å². The Labute approximate surface area is 165 Å². The van der Waals surface area contributed by atoms with E-state index in [0.29, 0.717) is 42.0 Å². The van der Waals surface area contributed by atoms with Gasteiger partial charge in [-0.3, -0.25) is 4.79 Å². The van der Waals surface area contributed by atoms with Crippen molar-refractivity contribution in [3.05, 3.63) is 59.7 Å². The molecule has 2 aromatic carbocycles. The first-order valence-corrected chi connectivity index (χ1v) is 9.65. The van der Waals surface area contributed by atoms with Crippen LogP contribution in [0.1, 0.15) is 35.8 Å². The molecule has 3 atom stereocenters. The smallest absolute Gasteiger partial charge is 0.311 e. The Balaban J connectivity index is 0.000000162. The highest BCUT2D eigenvalue weighted by Crippen LogP contribution is 2.36. The highest BCUT2D eigenvalue weighted by atomic mass is 16.5. The molecule has 2 aromatic rings. The summed E-state index contributed by atoms with van der Waals surface area (Å²) in [6.45, 7) is 2.53. The maximum absolute atomic E-state index is 11.0. The lowest BCUT2D eigenvalue weighted by molar-refractivity contribution is -0.139. The minimum atomic E-state index is -0.812. The van der Waals surface area contributed by atoms with Gasteiger partial charge in [-0.1, -0.05) is 30.3 Å². The van der Waals surface area contributed by atoms with E-state index < -0.39 is 11.9 Å².